The van der Waals surface area contributed by atoms with Crippen LogP contribution in [-0.2, 0) is 0 Å². The fourth-order valence-electron chi connectivity index (χ4n) is 1.47. The van der Waals surface area contributed by atoms with Crippen LogP contribution in [0.4, 0.5) is 0 Å². The number of fused-ring (bicyclic) bond motifs is 1. The van der Waals surface area contributed by atoms with Crippen molar-refractivity contribution in [1.29, 1.82) is 0 Å². The first-order valence-corrected chi connectivity index (χ1v) is 5.13. The Morgan fingerprint density at radius 1 is 1.56 bits per heavy atom. The Bertz CT molecular complexity index is 516. The molecule has 1 heterocycles. The minimum Gasteiger partial charge on any atom is -0.352 e. The maximum Gasteiger partial charge on any atom is 0.251 e. The summed E-state index contributed by atoms with van der Waals surface area (Å²) in [5.74, 6) is -0.0710. The Morgan fingerprint density at radius 3 is 3.25 bits per heavy atom. The van der Waals surface area contributed by atoms with Crippen LogP contribution >= 0.6 is 0 Å². The molecule has 2 aromatic rings. The van der Waals surface area contributed by atoms with E-state index in [4.69, 9.17) is 0 Å². The van der Waals surface area contributed by atoms with Crippen molar-refractivity contribution in [3.63, 3.8) is 0 Å². The molecule has 0 bridgehead atoms. The number of hydrogen-bond acceptors (Lipinski definition) is 2. The first-order chi connectivity index (χ1) is 7.81. The minimum atomic E-state index is -0.0710. The van der Waals surface area contributed by atoms with E-state index in [1.165, 1.54) is 0 Å². The average Bonchev–Trinajstić information content (AvgIpc) is 2.76. The molecule has 0 fully saturated rings. The lowest BCUT2D eigenvalue weighted by molar-refractivity contribution is 0.0954. The van der Waals surface area contributed by atoms with Crippen molar-refractivity contribution in [2.75, 3.05) is 6.54 Å². The molecular formula is C12H13N3O. The van der Waals surface area contributed by atoms with Gasteiger partial charge in [-0.3, -0.25) is 9.89 Å². The van der Waals surface area contributed by atoms with Crippen molar-refractivity contribution in [3.05, 3.63) is 42.6 Å². The zero-order chi connectivity index (χ0) is 11.4. The number of nitrogens with zero attached hydrogens (tertiary/aromatic N) is 1. The van der Waals surface area contributed by atoms with Gasteiger partial charge in [-0.25, -0.2) is 0 Å². The van der Waals surface area contributed by atoms with E-state index in [0.29, 0.717) is 12.1 Å². The molecule has 0 atom stereocenters. The third kappa shape index (κ3) is 2.11. The second-order valence-electron chi connectivity index (χ2n) is 3.51. The van der Waals surface area contributed by atoms with Gasteiger partial charge in [0, 0.05) is 17.5 Å². The molecule has 0 radical (unpaired) electrons. The maximum absolute atomic E-state index is 11.7. The van der Waals surface area contributed by atoms with E-state index in [-0.39, 0.29) is 5.91 Å². The number of hydrogen-bond donors (Lipinski definition) is 2. The molecule has 2 rings (SSSR count). The Labute approximate surface area is 93.4 Å². The van der Waals surface area contributed by atoms with Crippen molar-refractivity contribution in [1.82, 2.24) is 15.5 Å². The number of benzene rings is 1. The van der Waals surface area contributed by atoms with E-state index < -0.39 is 0 Å². The molecule has 4 nitrogen and oxygen atoms in total. The summed E-state index contributed by atoms with van der Waals surface area (Å²) in [6.45, 7) is 4.21. The van der Waals surface area contributed by atoms with Gasteiger partial charge < -0.3 is 5.32 Å². The number of amides is 1. The number of nitrogens with one attached hydrogen (secondary N) is 2. The molecule has 0 aliphatic carbocycles. The summed E-state index contributed by atoms with van der Waals surface area (Å²) >= 11 is 0. The third-order valence-corrected chi connectivity index (χ3v) is 2.34. The van der Waals surface area contributed by atoms with Crippen LogP contribution in [-0.4, -0.2) is 22.6 Å². The van der Waals surface area contributed by atoms with Crippen molar-refractivity contribution in [2.45, 2.75) is 6.42 Å². The standard InChI is InChI=1S/C12H13N3O/c1-2-3-6-13-12(16)9-4-5-10-8-14-15-11(10)7-9/h2,4-5,7-8H,1,3,6H2,(H,13,16)(H,14,15). The van der Waals surface area contributed by atoms with Crippen molar-refractivity contribution < 1.29 is 4.79 Å². The smallest absolute Gasteiger partial charge is 0.251 e. The highest BCUT2D eigenvalue weighted by molar-refractivity contribution is 5.97. The normalized spacial score (nSPS) is 10.2. The average molecular weight is 215 g/mol. The van der Waals surface area contributed by atoms with E-state index in [9.17, 15) is 4.79 Å². The predicted octanol–water partition coefficient (Wildman–Crippen LogP) is 1.87. The molecule has 1 aromatic heterocycles. The minimum absolute atomic E-state index is 0.0710. The zero-order valence-corrected chi connectivity index (χ0v) is 8.86. The lowest BCUT2D eigenvalue weighted by atomic mass is 10.1. The van der Waals surface area contributed by atoms with E-state index in [1.54, 1.807) is 24.4 Å². The van der Waals surface area contributed by atoms with Crippen LogP contribution in [0.3, 0.4) is 0 Å². The summed E-state index contributed by atoms with van der Waals surface area (Å²) < 4.78 is 0. The Morgan fingerprint density at radius 2 is 2.44 bits per heavy atom. The molecule has 2 N–H and O–H groups in total. The SMILES string of the molecule is C=CCCNC(=O)c1ccc2cn[nH]c2c1. The molecular weight excluding hydrogens is 202 g/mol. The van der Waals surface area contributed by atoms with Gasteiger partial charge in [0.25, 0.3) is 5.91 Å². The molecule has 1 amide bonds. The molecule has 0 saturated heterocycles. The van der Waals surface area contributed by atoms with Crippen LogP contribution in [0.1, 0.15) is 16.8 Å². The molecule has 0 spiro atoms. The Kier molecular flexibility index (Phi) is 3.00. The van der Waals surface area contributed by atoms with E-state index in [1.807, 2.05) is 6.07 Å². The van der Waals surface area contributed by atoms with Crippen LogP contribution < -0.4 is 5.32 Å². The molecule has 0 aliphatic heterocycles. The molecule has 1 aromatic carbocycles. The van der Waals surface area contributed by atoms with Gasteiger partial charge in [-0.1, -0.05) is 12.1 Å². The molecule has 4 heteroatoms. The summed E-state index contributed by atoms with van der Waals surface area (Å²) in [7, 11) is 0. The van der Waals surface area contributed by atoms with Crippen LogP contribution in [0, 0.1) is 0 Å². The van der Waals surface area contributed by atoms with Crippen molar-refractivity contribution in [3.8, 4) is 0 Å². The molecule has 0 saturated carbocycles. The van der Waals surface area contributed by atoms with Gasteiger partial charge in [-0.15, -0.1) is 6.58 Å². The van der Waals surface area contributed by atoms with Gasteiger partial charge in [-0.05, 0) is 18.6 Å². The topological polar surface area (TPSA) is 57.8 Å². The summed E-state index contributed by atoms with van der Waals surface area (Å²) in [6, 6.07) is 5.47. The lowest BCUT2D eigenvalue weighted by Gasteiger charge is -2.03. The molecule has 16 heavy (non-hydrogen) atoms. The highest BCUT2D eigenvalue weighted by atomic mass is 16.1. The van der Waals surface area contributed by atoms with Crippen molar-refractivity contribution in [2.24, 2.45) is 0 Å². The summed E-state index contributed by atoms with van der Waals surface area (Å²) in [5, 5.41) is 10.6. The highest BCUT2D eigenvalue weighted by Crippen LogP contribution is 2.12. The summed E-state index contributed by atoms with van der Waals surface area (Å²) in [5.41, 5.74) is 1.51. The Hall–Kier alpha value is -2.10. The predicted molar refractivity (Wildman–Crippen MR) is 63.2 cm³/mol. The van der Waals surface area contributed by atoms with Gasteiger partial charge in [-0.2, -0.15) is 5.10 Å². The molecule has 82 valence electrons. The van der Waals surface area contributed by atoms with Gasteiger partial charge in [0.15, 0.2) is 0 Å². The molecule has 0 unspecified atom stereocenters. The number of rotatable bonds is 4. The highest BCUT2D eigenvalue weighted by Gasteiger charge is 2.05. The summed E-state index contributed by atoms with van der Waals surface area (Å²) in [6.07, 6.45) is 4.28. The fraction of sp³-hybridized carbons (Fsp3) is 0.167. The number of H-pyrrole nitrogens is 1. The summed E-state index contributed by atoms with van der Waals surface area (Å²) in [4.78, 5) is 11.7. The van der Waals surface area contributed by atoms with Crippen LogP contribution in [0.25, 0.3) is 10.9 Å². The second-order valence-corrected chi connectivity index (χ2v) is 3.51. The monoisotopic (exact) mass is 215 g/mol. The second kappa shape index (κ2) is 4.61. The number of carbonyl (C=O) groups excluding carboxylic acids is 1. The van der Waals surface area contributed by atoms with Gasteiger partial charge >= 0.3 is 0 Å². The number of aromatic amines is 1. The van der Waals surface area contributed by atoms with Gasteiger partial charge in [0.1, 0.15) is 0 Å². The van der Waals surface area contributed by atoms with Gasteiger partial charge in [0.2, 0.25) is 0 Å². The van der Waals surface area contributed by atoms with Gasteiger partial charge in [0.05, 0.1) is 11.7 Å². The van der Waals surface area contributed by atoms with Crippen LogP contribution in [0.15, 0.2) is 37.1 Å². The third-order valence-electron chi connectivity index (χ3n) is 2.34. The fourth-order valence-corrected chi connectivity index (χ4v) is 1.47. The van der Waals surface area contributed by atoms with Crippen molar-refractivity contribution >= 4 is 16.8 Å². The number of aromatic nitrogens is 2. The first kappa shape index (κ1) is 10.4. The first-order valence-electron chi connectivity index (χ1n) is 5.13. The zero-order valence-electron chi connectivity index (χ0n) is 8.86. The molecule has 0 aliphatic rings. The Balaban J connectivity index is 2.12. The maximum atomic E-state index is 11.7. The number of carbonyl (C=O) groups is 1. The van der Waals surface area contributed by atoms with Crippen LogP contribution in [0.5, 0.6) is 0 Å². The largest absolute Gasteiger partial charge is 0.352 e. The van der Waals surface area contributed by atoms with E-state index >= 15 is 0 Å². The quantitative estimate of drug-likeness (QED) is 0.604. The van der Waals surface area contributed by atoms with E-state index in [0.717, 1.165) is 17.3 Å². The van der Waals surface area contributed by atoms with Crippen LogP contribution in [0.2, 0.25) is 0 Å². The van der Waals surface area contributed by atoms with E-state index in [2.05, 4.69) is 22.1 Å². The lowest BCUT2D eigenvalue weighted by Crippen LogP contribution is -2.23.